The van der Waals surface area contributed by atoms with E-state index in [4.69, 9.17) is 9.57 Å². The molecule has 0 aromatic heterocycles. The second-order valence-electron chi connectivity index (χ2n) is 3.68. The Morgan fingerprint density at radius 1 is 1.39 bits per heavy atom. The summed E-state index contributed by atoms with van der Waals surface area (Å²) in [6, 6.07) is 4.66. The van der Waals surface area contributed by atoms with E-state index in [1.807, 2.05) is 13.8 Å². The van der Waals surface area contributed by atoms with E-state index in [9.17, 15) is 10.1 Å². The van der Waals surface area contributed by atoms with Crippen molar-refractivity contribution in [2.24, 2.45) is 0 Å². The van der Waals surface area contributed by atoms with Gasteiger partial charge in [-0.2, -0.15) is 0 Å². The Morgan fingerprint density at radius 3 is 2.78 bits per heavy atom. The highest BCUT2D eigenvalue weighted by Gasteiger charge is 2.15. The van der Waals surface area contributed by atoms with E-state index in [1.54, 1.807) is 12.1 Å². The summed E-state index contributed by atoms with van der Waals surface area (Å²) in [5.41, 5.74) is 3.10. The molecule has 0 unspecified atom stereocenters. The van der Waals surface area contributed by atoms with E-state index in [-0.39, 0.29) is 11.4 Å². The zero-order chi connectivity index (χ0) is 13.4. The molecule has 1 aromatic rings. The molecule has 0 amide bonds. The molecule has 0 spiro atoms. The summed E-state index contributed by atoms with van der Waals surface area (Å²) < 4.78 is 5.39. The fourth-order valence-electron chi connectivity index (χ4n) is 1.33. The van der Waals surface area contributed by atoms with Crippen LogP contribution in [0.4, 0.5) is 11.4 Å². The lowest BCUT2D eigenvalue weighted by Gasteiger charge is -2.08. The molecular weight excluding hydrogens is 236 g/mol. The molecule has 0 saturated heterocycles. The molecule has 0 saturated carbocycles. The lowest BCUT2D eigenvalue weighted by atomic mass is 10.2. The molecule has 0 atom stereocenters. The summed E-state index contributed by atoms with van der Waals surface area (Å²) in [6.45, 7) is 4.81. The fourth-order valence-corrected chi connectivity index (χ4v) is 1.33. The number of ether oxygens (including phenoxy) is 1. The molecule has 18 heavy (non-hydrogen) atoms. The number of unbranched alkanes of at least 4 members (excludes halogenated alkanes) is 1. The first kappa shape index (κ1) is 14.2. The highest BCUT2D eigenvalue weighted by Crippen LogP contribution is 2.30. The van der Waals surface area contributed by atoms with E-state index < -0.39 is 4.92 Å². The highest BCUT2D eigenvalue weighted by molar-refractivity contribution is 5.57. The van der Waals surface area contributed by atoms with Crippen molar-refractivity contribution in [2.45, 2.75) is 26.7 Å². The van der Waals surface area contributed by atoms with Crippen LogP contribution in [0.15, 0.2) is 18.2 Å². The molecule has 6 heteroatoms. The SMILES string of the molecule is CCCCOc1ccc(NOCC)cc1[N+](=O)[O-]. The van der Waals surface area contributed by atoms with Gasteiger partial charge in [0.2, 0.25) is 0 Å². The Balaban J connectivity index is 2.80. The molecule has 1 N–H and O–H groups in total. The standard InChI is InChI=1S/C12H18N2O4/c1-3-5-8-17-12-7-6-10(13-18-4-2)9-11(12)14(15)16/h6-7,9,13H,3-5,8H2,1-2H3. The van der Waals surface area contributed by atoms with Crippen LogP contribution in [0.2, 0.25) is 0 Å². The van der Waals surface area contributed by atoms with Crippen LogP contribution in [0.3, 0.4) is 0 Å². The van der Waals surface area contributed by atoms with Gasteiger partial charge in [-0.25, -0.2) is 0 Å². The lowest BCUT2D eigenvalue weighted by molar-refractivity contribution is -0.385. The molecule has 6 nitrogen and oxygen atoms in total. The maximum atomic E-state index is 10.9. The lowest BCUT2D eigenvalue weighted by Crippen LogP contribution is -2.03. The molecule has 1 aromatic carbocycles. The quantitative estimate of drug-likeness (QED) is 0.438. The maximum Gasteiger partial charge on any atom is 0.313 e. The van der Waals surface area contributed by atoms with Crippen LogP contribution in [-0.2, 0) is 4.84 Å². The van der Waals surface area contributed by atoms with Gasteiger partial charge in [0.05, 0.1) is 23.8 Å². The van der Waals surface area contributed by atoms with Crippen LogP contribution in [0.5, 0.6) is 5.75 Å². The van der Waals surface area contributed by atoms with Gasteiger partial charge in [-0.05, 0) is 25.5 Å². The van der Waals surface area contributed by atoms with Gasteiger partial charge in [-0.3, -0.25) is 20.4 Å². The second-order valence-corrected chi connectivity index (χ2v) is 3.68. The van der Waals surface area contributed by atoms with Crippen molar-refractivity contribution in [3.8, 4) is 5.75 Å². The van der Waals surface area contributed by atoms with E-state index in [0.717, 1.165) is 12.8 Å². The van der Waals surface area contributed by atoms with Crippen LogP contribution in [-0.4, -0.2) is 18.1 Å². The third-order valence-corrected chi connectivity index (χ3v) is 2.25. The third kappa shape index (κ3) is 4.21. The van der Waals surface area contributed by atoms with E-state index in [2.05, 4.69) is 5.48 Å². The van der Waals surface area contributed by atoms with Crippen molar-refractivity contribution >= 4 is 11.4 Å². The van der Waals surface area contributed by atoms with Gasteiger partial charge in [-0.15, -0.1) is 0 Å². The number of rotatable bonds is 8. The normalized spacial score (nSPS) is 10.1. The first-order chi connectivity index (χ1) is 8.69. The summed E-state index contributed by atoms with van der Waals surface area (Å²) in [5, 5.41) is 10.9. The molecule has 0 aliphatic heterocycles. The molecule has 0 bridgehead atoms. The van der Waals surface area contributed by atoms with Gasteiger partial charge >= 0.3 is 5.69 Å². The Bertz CT molecular complexity index is 396. The maximum absolute atomic E-state index is 10.9. The molecule has 0 aliphatic rings. The van der Waals surface area contributed by atoms with Gasteiger partial charge in [0.15, 0.2) is 5.75 Å². The van der Waals surface area contributed by atoms with Crippen LogP contribution >= 0.6 is 0 Å². The fraction of sp³-hybridized carbons (Fsp3) is 0.500. The average molecular weight is 254 g/mol. The van der Waals surface area contributed by atoms with E-state index in [1.165, 1.54) is 6.07 Å². The van der Waals surface area contributed by atoms with E-state index >= 15 is 0 Å². The predicted molar refractivity (Wildman–Crippen MR) is 68.7 cm³/mol. The van der Waals surface area contributed by atoms with Crippen molar-refractivity contribution in [1.29, 1.82) is 0 Å². The Morgan fingerprint density at radius 2 is 2.17 bits per heavy atom. The summed E-state index contributed by atoms with van der Waals surface area (Å²) in [7, 11) is 0. The smallest absolute Gasteiger partial charge is 0.313 e. The second kappa shape index (κ2) is 7.50. The van der Waals surface area contributed by atoms with Gasteiger partial charge in [0.1, 0.15) is 0 Å². The van der Waals surface area contributed by atoms with Crippen molar-refractivity contribution < 1.29 is 14.5 Å². The number of hydrogen-bond donors (Lipinski definition) is 1. The number of benzene rings is 1. The highest BCUT2D eigenvalue weighted by atomic mass is 16.6. The topological polar surface area (TPSA) is 73.6 Å². The Hall–Kier alpha value is -1.82. The number of nitro benzene ring substituents is 1. The molecule has 0 heterocycles. The monoisotopic (exact) mass is 254 g/mol. The first-order valence-electron chi connectivity index (χ1n) is 5.98. The summed E-state index contributed by atoms with van der Waals surface area (Å²) >= 11 is 0. The molecule has 0 aliphatic carbocycles. The molecular formula is C12H18N2O4. The molecule has 100 valence electrons. The number of nitro groups is 1. The summed E-state index contributed by atoms with van der Waals surface area (Å²) in [6.07, 6.45) is 1.86. The average Bonchev–Trinajstić information content (AvgIpc) is 2.37. The molecule has 0 radical (unpaired) electrons. The minimum atomic E-state index is -0.460. The van der Waals surface area contributed by atoms with Gasteiger partial charge in [-0.1, -0.05) is 13.3 Å². The Labute approximate surface area is 106 Å². The molecule has 0 fully saturated rings. The predicted octanol–water partition coefficient (Wildman–Crippen LogP) is 3.14. The number of anilines is 1. The minimum absolute atomic E-state index is 0.0594. The van der Waals surface area contributed by atoms with Crippen LogP contribution in [0.25, 0.3) is 0 Å². The summed E-state index contributed by atoms with van der Waals surface area (Å²) in [5.74, 6) is 0.287. The van der Waals surface area contributed by atoms with E-state index in [0.29, 0.717) is 18.9 Å². The minimum Gasteiger partial charge on any atom is -0.487 e. The Kier molecular flexibility index (Phi) is 5.93. The zero-order valence-corrected chi connectivity index (χ0v) is 10.6. The van der Waals surface area contributed by atoms with Crippen molar-refractivity contribution in [1.82, 2.24) is 0 Å². The van der Waals surface area contributed by atoms with Crippen LogP contribution in [0.1, 0.15) is 26.7 Å². The third-order valence-electron chi connectivity index (χ3n) is 2.25. The van der Waals surface area contributed by atoms with Crippen LogP contribution in [0, 0.1) is 10.1 Å². The van der Waals surface area contributed by atoms with Gasteiger partial charge in [0, 0.05) is 6.07 Å². The van der Waals surface area contributed by atoms with Gasteiger partial charge < -0.3 is 4.74 Å². The number of hydrogen-bond acceptors (Lipinski definition) is 5. The van der Waals surface area contributed by atoms with Gasteiger partial charge in [0.25, 0.3) is 0 Å². The van der Waals surface area contributed by atoms with Crippen LogP contribution < -0.4 is 10.2 Å². The van der Waals surface area contributed by atoms with Crippen molar-refractivity contribution in [3.63, 3.8) is 0 Å². The van der Waals surface area contributed by atoms with Crippen molar-refractivity contribution in [2.75, 3.05) is 18.7 Å². The number of nitrogens with one attached hydrogen (secondary N) is 1. The summed E-state index contributed by atoms with van der Waals surface area (Å²) in [4.78, 5) is 15.5. The van der Waals surface area contributed by atoms with Crippen molar-refractivity contribution in [3.05, 3.63) is 28.3 Å². The zero-order valence-electron chi connectivity index (χ0n) is 10.6. The number of nitrogens with zero attached hydrogens (tertiary/aromatic N) is 1. The molecule has 1 rings (SSSR count). The largest absolute Gasteiger partial charge is 0.487 e. The first-order valence-corrected chi connectivity index (χ1v) is 5.98.